The molecular formula is C25H33ClN2O2S. The predicted octanol–water partition coefficient (Wildman–Crippen LogP) is 5.34. The number of thioether (sulfide) groups is 1. The molecule has 31 heavy (non-hydrogen) atoms. The quantitative estimate of drug-likeness (QED) is 0.465. The summed E-state index contributed by atoms with van der Waals surface area (Å²) in [6, 6.07) is 17.4. The number of carbonyl (C=O) groups is 2. The van der Waals surface area contributed by atoms with Crippen molar-refractivity contribution in [2.75, 3.05) is 12.3 Å². The van der Waals surface area contributed by atoms with E-state index in [2.05, 4.69) is 17.4 Å². The molecule has 1 N–H and O–H groups in total. The van der Waals surface area contributed by atoms with Gasteiger partial charge >= 0.3 is 0 Å². The zero-order chi connectivity index (χ0) is 22.6. The van der Waals surface area contributed by atoms with Crippen LogP contribution in [0.25, 0.3) is 0 Å². The van der Waals surface area contributed by atoms with Crippen LogP contribution in [0.5, 0.6) is 0 Å². The van der Waals surface area contributed by atoms with Crippen LogP contribution in [-0.2, 0) is 21.8 Å². The van der Waals surface area contributed by atoms with Crippen LogP contribution in [0.3, 0.4) is 0 Å². The number of halogens is 1. The van der Waals surface area contributed by atoms with Gasteiger partial charge in [0.05, 0.1) is 5.75 Å². The van der Waals surface area contributed by atoms with Crippen molar-refractivity contribution in [1.29, 1.82) is 0 Å². The monoisotopic (exact) mass is 460 g/mol. The van der Waals surface area contributed by atoms with E-state index in [1.54, 1.807) is 4.90 Å². The fraction of sp³-hybridized carbons (Fsp3) is 0.440. The van der Waals surface area contributed by atoms with E-state index in [9.17, 15) is 9.59 Å². The first-order valence-corrected chi connectivity index (χ1v) is 12.4. The number of hydrogen-bond acceptors (Lipinski definition) is 3. The zero-order valence-electron chi connectivity index (χ0n) is 18.6. The molecule has 0 spiro atoms. The molecule has 2 aromatic rings. The number of hydrogen-bond donors (Lipinski definition) is 1. The molecule has 4 nitrogen and oxygen atoms in total. The van der Waals surface area contributed by atoms with E-state index in [1.807, 2.05) is 63.2 Å². The molecule has 0 aliphatic heterocycles. The topological polar surface area (TPSA) is 49.4 Å². The van der Waals surface area contributed by atoms with Gasteiger partial charge in [-0.05, 0) is 43.4 Å². The maximum Gasteiger partial charge on any atom is 0.243 e. The van der Waals surface area contributed by atoms with Crippen molar-refractivity contribution in [3.05, 3.63) is 70.7 Å². The standard InChI is InChI=1S/C25H33ClN2O2S/c1-4-19(3)27-25(30)23(5-2)28(16-15-20-11-7-6-8-12-20)24(29)18-31-17-21-13-9-10-14-22(21)26/h6-14,19,23H,4-5,15-18H2,1-3H3,(H,27,30)/t19-,23+/m0/s1. The van der Waals surface area contributed by atoms with Crippen molar-refractivity contribution in [2.45, 2.75) is 57.9 Å². The minimum atomic E-state index is -0.467. The van der Waals surface area contributed by atoms with Gasteiger partial charge in [-0.3, -0.25) is 9.59 Å². The molecule has 2 atom stereocenters. The largest absolute Gasteiger partial charge is 0.352 e. The van der Waals surface area contributed by atoms with Crippen molar-refractivity contribution < 1.29 is 9.59 Å². The third-order valence-electron chi connectivity index (χ3n) is 5.31. The molecule has 0 saturated heterocycles. The number of rotatable bonds is 12. The van der Waals surface area contributed by atoms with Gasteiger partial charge in [0.25, 0.3) is 0 Å². The summed E-state index contributed by atoms with van der Waals surface area (Å²) in [6.45, 7) is 6.50. The van der Waals surface area contributed by atoms with Gasteiger partial charge in [-0.25, -0.2) is 0 Å². The lowest BCUT2D eigenvalue weighted by atomic mass is 10.1. The third kappa shape index (κ3) is 8.23. The zero-order valence-corrected chi connectivity index (χ0v) is 20.2. The highest BCUT2D eigenvalue weighted by molar-refractivity contribution is 7.99. The van der Waals surface area contributed by atoms with Crippen LogP contribution < -0.4 is 5.32 Å². The molecule has 2 rings (SSSR count). The average molecular weight is 461 g/mol. The smallest absolute Gasteiger partial charge is 0.243 e. The van der Waals surface area contributed by atoms with Gasteiger partial charge < -0.3 is 10.2 Å². The summed E-state index contributed by atoms with van der Waals surface area (Å²) < 4.78 is 0. The number of benzene rings is 2. The highest BCUT2D eigenvalue weighted by atomic mass is 35.5. The van der Waals surface area contributed by atoms with E-state index in [0.717, 1.165) is 24.0 Å². The first-order valence-electron chi connectivity index (χ1n) is 10.9. The first kappa shape index (κ1) is 25.3. The Labute approximate surface area is 195 Å². The Kier molecular flexibility index (Phi) is 11.0. The van der Waals surface area contributed by atoms with Crippen LogP contribution in [0.15, 0.2) is 54.6 Å². The summed E-state index contributed by atoms with van der Waals surface area (Å²) >= 11 is 7.76. The van der Waals surface area contributed by atoms with Crippen molar-refractivity contribution in [1.82, 2.24) is 10.2 Å². The predicted molar refractivity (Wildman–Crippen MR) is 131 cm³/mol. The molecule has 0 aliphatic carbocycles. The van der Waals surface area contributed by atoms with E-state index in [4.69, 9.17) is 11.6 Å². The van der Waals surface area contributed by atoms with Crippen molar-refractivity contribution in [3.8, 4) is 0 Å². The van der Waals surface area contributed by atoms with Crippen molar-refractivity contribution in [2.24, 2.45) is 0 Å². The number of carbonyl (C=O) groups excluding carboxylic acids is 2. The van der Waals surface area contributed by atoms with Crippen molar-refractivity contribution >= 4 is 35.2 Å². The Morgan fingerprint density at radius 2 is 1.71 bits per heavy atom. The van der Waals surface area contributed by atoms with Gasteiger partial charge in [-0.2, -0.15) is 0 Å². The van der Waals surface area contributed by atoms with E-state index >= 15 is 0 Å². The number of nitrogens with one attached hydrogen (secondary N) is 1. The normalized spacial score (nSPS) is 12.8. The molecular weight excluding hydrogens is 428 g/mol. The lowest BCUT2D eigenvalue weighted by molar-refractivity contribution is -0.139. The summed E-state index contributed by atoms with van der Waals surface area (Å²) in [5.74, 6) is 0.884. The second kappa shape index (κ2) is 13.4. The van der Waals surface area contributed by atoms with Crippen LogP contribution >= 0.6 is 23.4 Å². The molecule has 0 bridgehead atoms. The van der Waals surface area contributed by atoms with E-state index in [-0.39, 0.29) is 17.9 Å². The second-order valence-electron chi connectivity index (χ2n) is 7.65. The van der Waals surface area contributed by atoms with Gasteiger partial charge in [-0.1, -0.05) is 74.0 Å². The Balaban J connectivity index is 2.07. The SMILES string of the molecule is CC[C@H](C(=O)N[C@@H](C)CC)N(CCc1ccccc1)C(=O)CSCc1ccccc1Cl. The molecule has 0 radical (unpaired) electrons. The molecule has 0 unspecified atom stereocenters. The Bertz CT molecular complexity index is 831. The van der Waals surface area contributed by atoms with Gasteiger partial charge in [0.1, 0.15) is 6.04 Å². The molecule has 0 heterocycles. The second-order valence-corrected chi connectivity index (χ2v) is 9.04. The van der Waals surface area contributed by atoms with E-state index < -0.39 is 6.04 Å². The Morgan fingerprint density at radius 3 is 2.35 bits per heavy atom. The molecule has 2 aromatic carbocycles. The average Bonchev–Trinajstić information content (AvgIpc) is 2.78. The van der Waals surface area contributed by atoms with E-state index in [1.165, 1.54) is 11.8 Å². The van der Waals surface area contributed by atoms with Crippen LogP contribution in [0.4, 0.5) is 0 Å². The van der Waals surface area contributed by atoms with Crippen LogP contribution in [0.1, 0.15) is 44.7 Å². The molecule has 6 heteroatoms. The molecule has 0 saturated carbocycles. The van der Waals surface area contributed by atoms with Gasteiger partial charge in [-0.15, -0.1) is 11.8 Å². The molecule has 0 fully saturated rings. The molecule has 0 aromatic heterocycles. The molecule has 2 amide bonds. The van der Waals surface area contributed by atoms with Crippen LogP contribution in [0.2, 0.25) is 5.02 Å². The number of nitrogens with zero attached hydrogens (tertiary/aromatic N) is 1. The molecule has 168 valence electrons. The minimum Gasteiger partial charge on any atom is -0.352 e. The highest BCUT2D eigenvalue weighted by Gasteiger charge is 2.28. The van der Waals surface area contributed by atoms with E-state index in [0.29, 0.717) is 29.5 Å². The third-order valence-corrected chi connectivity index (χ3v) is 6.65. The Morgan fingerprint density at radius 1 is 1.03 bits per heavy atom. The fourth-order valence-corrected chi connectivity index (χ4v) is 4.48. The maximum absolute atomic E-state index is 13.2. The minimum absolute atomic E-state index is 0.0147. The lowest BCUT2D eigenvalue weighted by Gasteiger charge is -2.31. The van der Waals surface area contributed by atoms with Gasteiger partial charge in [0.15, 0.2) is 0 Å². The fourth-order valence-electron chi connectivity index (χ4n) is 3.28. The summed E-state index contributed by atoms with van der Waals surface area (Å²) in [7, 11) is 0. The van der Waals surface area contributed by atoms with Gasteiger partial charge in [0.2, 0.25) is 11.8 Å². The summed E-state index contributed by atoms with van der Waals surface area (Å²) in [6.07, 6.45) is 2.15. The van der Waals surface area contributed by atoms with Crippen LogP contribution in [0, 0.1) is 0 Å². The highest BCUT2D eigenvalue weighted by Crippen LogP contribution is 2.21. The number of amides is 2. The van der Waals surface area contributed by atoms with Crippen LogP contribution in [-0.4, -0.2) is 41.1 Å². The summed E-state index contributed by atoms with van der Waals surface area (Å²) in [5.41, 5.74) is 2.17. The lowest BCUT2D eigenvalue weighted by Crippen LogP contribution is -2.52. The summed E-state index contributed by atoms with van der Waals surface area (Å²) in [5, 5.41) is 3.76. The van der Waals surface area contributed by atoms with Crippen molar-refractivity contribution in [3.63, 3.8) is 0 Å². The first-order chi connectivity index (χ1) is 15.0. The Hall–Kier alpha value is -1.98. The van der Waals surface area contributed by atoms with Gasteiger partial charge in [0, 0.05) is 23.4 Å². The maximum atomic E-state index is 13.2. The molecule has 0 aliphatic rings. The summed E-state index contributed by atoms with van der Waals surface area (Å²) in [4.78, 5) is 27.9.